The lowest BCUT2D eigenvalue weighted by atomic mass is 9.77. The highest BCUT2D eigenvalue weighted by atomic mass is 16.6. The Labute approximate surface area is 154 Å². The second-order valence-corrected chi connectivity index (χ2v) is 8.22. The van der Waals surface area contributed by atoms with Crippen molar-refractivity contribution in [2.45, 2.75) is 51.7 Å². The summed E-state index contributed by atoms with van der Waals surface area (Å²) in [4.78, 5) is 25.8. The topological polar surface area (TPSA) is 71.8 Å². The predicted octanol–water partition coefficient (Wildman–Crippen LogP) is 3.78. The molecule has 0 bridgehead atoms. The largest absolute Gasteiger partial charge is 0.480 e. The summed E-state index contributed by atoms with van der Waals surface area (Å²) in [6, 6.07) is 6.75. The Balaban J connectivity index is 2.51. The fraction of sp³-hybridized carbons (Fsp3) is 0.500. The fourth-order valence-corrected chi connectivity index (χ4v) is 3.40. The Morgan fingerprint density at radius 2 is 1.73 bits per heavy atom. The molecule has 6 nitrogen and oxygen atoms in total. The van der Waals surface area contributed by atoms with Crippen LogP contribution in [0.2, 0.25) is 0 Å². The van der Waals surface area contributed by atoms with E-state index in [1.165, 1.54) is 11.9 Å². The number of likely N-dealkylation sites (N-methyl/N-ethyl adjacent to an activating group) is 1. The lowest BCUT2D eigenvalue weighted by molar-refractivity contribution is -0.145. The van der Waals surface area contributed by atoms with Crippen molar-refractivity contribution in [3.63, 3.8) is 0 Å². The lowest BCUT2D eigenvalue weighted by Crippen LogP contribution is -2.54. The Bertz CT molecular complexity index is 830. The van der Waals surface area contributed by atoms with Gasteiger partial charge >= 0.3 is 12.1 Å². The number of amides is 1. The number of carboxylic acid groups (broad SMARTS) is 1. The van der Waals surface area contributed by atoms with Gasteiger partial charge in [-0.25, -0.2) is 9.59 Å². The number of benzene rings is 1. The van der Waals surface area contributed by atoms with Gasteiger partial charge in [0.05, 0.1) is 0 Å². The van der Waals surface area contributed by atoms with Crippen LogP contribution >= 0.6 is 0 Å². The molecule has 1 atom stereocenters. The molecule has 142 valence electrons. The van der Waals surface area contributed by atoms with Gasteiger partial charge in [-0.2, -0.15) is 0 Å². The van der Waals surface area contributed by atoms with Crippen LogP contribution in [0.4, 0.5) is 4.79 Å². The van der Waals surface area contributed by atoms with Crippen LogP contribution in [0.1, 0.15) is 40.2 Å². The zero-order valence-electron chi connectivity index (χ0n) is 16.5. The van der Waals surface area contributed by atoms with E-state index < -0.39 is 29.1 Å². The van der Waals surface area contributed by atoms with Crippen LogP contribution in [0.15, 0.2) is 30.5 Å². The molecule has 1 aromatic heterocycles. The average molecular weight is 360 g/mol. The third-order valence-corrected chi connectivity index (χ3v) is 4.58. The van der Waals surface area contributed by atoms with Gasteiger partial charge in [0.15, 0.2) is 0 Å². The number of nitrogens with zero attached hydrogens (tertiary/aromatic N) is 2. The number of hydrogen-bond donors (Lipinski definition) is 1. The third-order valence-electron chi connectivity index (χ3n) is 4.58. The number of ether oxygens (including phenoxy) is 1. The lowest BCUT2D eigenvalue weighted by Gasteiger charge is -2.38. The molecular weight excluding hydrogens is 332 g/mol. The maximum atomic E-state index is 12.5. The summed E-state index contributed by atoms with van der Waals surface area (Å²) in [5.74, 6) is -1.07. The van der Waals surface area contributed by atoms with Gasteiger partial charge in [-0.15, -0.1) is 0 Å². The van der Waals surface area contributed by atoms with Crippen molar-refractivity contribution in [2.24, 2.45) is 7.05 Å². The van der Waals surface area contributed by atoms with E-state index in [2.05, 4.69) is 0 Å². The highest BCUT2D eigenvalue weighted by Gasteiger charge is 2.44. The molecule has 0 spiro atoms. The van der Waals surface area contributed by atoms with Gasteiger partial charge in [0.25, 0.3) is 0 Å². The van der Waals surface area contributed by atoms with Crippen molar-refractivity contribution in [1.29, 1.82) is 0 Å². The number of fused-ring (bicyclic) bond motifs is 1. The number of aryl methyl sites for hydroxylation is 1. The summed E-state index contributed by atoms with van der Waals surface area (Å²) in [6.07, 6.45) is 1.28. The van der Waals surface area contributed by atoms with Gasteiger partial charge < -0.3 is 14.4 Å². The van der Waals surface area contributed by atoms with Gasteiger partial charge in [0.1, 0.15) is 11.6 Å². The van der Waals surface area contributed by atoms with Crippen LogP contribution in [0.3, 0.4) is 0 Å². The van der Waals surface area contributed by atoms with Crippen molar-refractivity contribution >= 4 is 23.0 Å². The van der Waals surface area contributed by atoms with Crippen molar-refractivity contribution in [1.82, 2.24) is 9.47 Å². The number of para-hydroxylation sites is 1. The molecule has 1 N–H and O–H groups in total. The number of carbonyl (C=O) groups is 2. The molecule has 2 rings (SSSR count). The van der Waals surface area contributed by atoms with E-state index in [9.17, 15) is 14.7 Å². The first kappa shape index (κ1) is 19.8. The standard InChI is InChI=1S/C20H28N2O4/c1-19(2,3)26-18(25)22(7)16(17(23)24)20(4,5)14-12-21(6)15-11-9-8-10-13(14)15/h8-12,16H,1-7H3,(H,23,24)/t16-/m1/s1. The van der Waals surface area contributed by atoms with Gasteiger partial charge in [-0.1, -0.05) is 32.0 Å². The van der Waals surface area contributed by atoms with Crippen LogP contribution in [-0.2, 0) is 22.0 Å². The van der Waals surface area contributed by atoms with Crippen LogP contribution < -0.4 is 0 Å². The molecule has 2 aromatic rings. The first-order valence-corrected chi connectivity index (χ1v) is 8.59. The zero-order chi connectivity index (χ0) is 19.9. The molecule has 0 saturated carbocycles. The maximum absolute atomic E-state index is 12.5. The Kier molecular flexibility index (Phi) is 5.08. The molecule has 0 aliphatic heterocycles. The van der Waals surface area contributed by atoms with Crippen molar-refractivity contribution in [2.75, 3.05) is 7.05 Å². The summed E-state index contributed by atoms with van der Waals surface area (Å²) in [5, 5.41) is 10.9. The van der Waals surface area contributed by atoms with Crippen molar-refractivity contribution in [3.8, 4) is 0 Å². The maximum Gasteiger partial charge on any atom is 0.410 e. The minimum atomic E-state index is -1.08. The van der Waals surface area contributed by atoms with Gasteiger partial charge in [-0.3, -0.25) is 4.90 Å². The van der Waals surface area contributed by atoms with E-state index in [1.807, 2.05) is 55.9 Å². The molecular formula is C20H28N2O4. The number of carbonyl (C=O) groups excluding carboxylic acids is 1. The Morgan fingerprint density at radius 3 is 2.27 bits per heavy atom. The minimum Gasteiger partial charge on any atom is -0.480 e. The van der Waals surface area contributed by atoms with E-state index in [0.717, 1.165) is 16.5 Å². The fourth-order valence-electron chi connectivity index (χ4n) is 3.40. The highest BCUT2D eigenvalue weighted by Crippen LogP contribution is 2.36. The molecule has 1 amide bonds. The zero-order valence-corrected chi connectivity index (χ0v) is 16.5. The number of rotatable bonds is 4. The SMILES string of the molecule is CN(C(=O)OC(C)(C)C)[C@H](C(=O)O)C(C)(C)c1cn(C)c2ccccc12. The third kappa shape index (κ3) is 3.69. The van der Waals surface area contributed by atoms with E-state index in [1.54, 1.807) is 20.8 Å². The number of carboxylic acids is 1. The minimum absolute atomic E-state index is 0.654. The van der Waals surface area contributed by atoms with Crippen molar-refractivity contribution in [3.05, 3.63) is 36.0 Å². The van der Waals surface area contributed by atoms with Gasteiger partial charge in [0.2, 0.25) is 0 Å². The monoisotopic (exact) mass is 360 g/mol. The van der Waals surface area contributed by atoms with Crippen LogP contribution in [0.25, 0.3) is 10.9 Å². The van der Waals surface area contributed by atoms with Crippen molar-refractivity contribution < 1.29 is 19.4 Å². The second-order valence-electron chi connectivity index (χ2n) is 8.22. The van der Waals surface area contributed by atoms with Crippen LogP contribution in [0.5, 0.6) is 0 Å². The smallest absolute Gasteiger partial charge is 0.410 e. The molecule has 0 fully saturated rings. The van der Waals surface area contributed by atoms with E-state index in [-0.39, 0.29) is 0 Å². The Hall–Kier alpha value is -2.50. The van der Waals surface area contributed by atoms with Gasteiger partial charge in [0, 0.05) is 36.6 Å². The summed E-state index contributed by atoms with van der Waals surface area (Å²) < 4.78 is 7.34. The highest BCUT2D eigenvalue weighted by molar-refractivity contribution is 5.88. The predicted molar refractivity (Wildman–Crippen MR) is 101 cm³/mol. The summed E-state index contributed by atoms with van der Waals surface area (Å²) in [7, 11) is 3.40. The molecule has 26 heavy (non-hydrogen) atoms. The molecule has 0 unspecified atom stereocenters. The summed E-state index contributed by atoms with van der Waals surface area (Å²) in [5.41, 5.74) is 0.356. The Morgan fingerprint density at radius 1 is 1.15 bits per heavy atom. The summed E-state index contributed by atoms with van der Waals surface area (Å²) >= 11 is 0. The van der Waals surface area contributed by atoms with E-state index in [4.69, 9.17) is 4.74 Å². The number of aliphatic carboxylic acids is 1. The first-order valence-electron chi connectivity index (χ1n) is 8.59. The van der Waals surface area contributed by atoms with E-state index >= 15 is 0 Å². The quantitative estimate of drug-likeness (QED) is 0.901. The van der Waals surface area contributed by atoms with Crippen LogP contribution in [-0.4, -0.2) is 45.3 Å². The summed E-state index contributed by atoms with van der Waals surface area (Å²) in [6.45, 7) is 8.95. The van der Waals surface area contributed by atoms with E-state index in [0.29, 0.717) is 0 Å². The molecule has 1 heterocycles. The molecule has 1 aromatic carbocycles. The number of aromatic nitrogens is 1. The van der Waals surface area contributed by atoms with Crippen LogP contribution in [0, 0.1) is 0 Å². The van der Waals surface area contributed by atoms with Gasteiger partial charge in [-0.05, 0) is 32.4 Å². The molecule has 0 aliphatic rings. The number of hydrogen-bond acceptors (Lipinski definition) is 3. The molecule has 0 radical (unpaired) electrons. The normalized spacial score (nSPS) is 13.5. The molecule has 6 heteroatoms. The average Bonchev–Trinajstić information content (AvgIpc) is 2.83. The molecule has 0 aliphatic carbocycles. The second kappa shape index (κ2) is 6.67. The molecule has 0 saturated heterocycles. The first-order chi connectivity index (χ1) is 11.9.